The summed E-state index contributed by atoms with van der Waals surface area (Å²) in [6, 6.07) is 5.73. The van der Waals surface area contributed by atoms with Gasteiger partial charge in [-0.25, -0.2) is 13.8 Å². The first kappa shape index (κ1) is 27.7. The number of hydrogen-bond acceptors (Lipinski definition) is 12. The first-order valence-corrected chi connectivity index (χ1v) is 14.8. The number of furan rings is 1. The number of benzene rings is 1. The molecule has 0 aliphatic carbocycles. The highest BCUT2D eigenvalue weighted by Crippen LogP contribution is 2.30. The molecule has 0 radical (unpaired) electrons. The highest BCUT2D eigenvalue weighted by molar-refractivity contribution is 7.17. The Balaban J connectivity index is 1.02. The van der Waals surface area contributed by atoms with Gasteiger partial charge in [-0.15, -0.1) is 5.10 Å². The molecule has 2 fully saturated rings. The van der Waals surface area contributed by atoms with Gasteiger partial charge < -0.3 is 29.8 Å². The molecule has 6 heterocycles. The van der Waals surface area contributed by atoms with Crippen molar-refractivity contribution in [2.45, 2.75) is 12.6 Å². The normalized spacial score (nSPS) is 18.2. The van der Waals surface area contributed by atoms with Crippen molar-refractivity contribution in [1.82, 2.24) is 34.4 Å². The van der Waals surface area contributed by atoms with Gasteiger partial charge in [0.1, 0.15) is 17.1 Å². The van der Waals surface area contributed by atoms with Crippen LogP contribution in [0.4, 0.5) is 20.4 Å². The quantitative estimate of drug-likeness (QED) is 0.265. The SMILES string of the molecule is Nc1nc2c(sc(=O)n2CCN2CCN(c3cc(OCC4COCCN4)c(F)cc3F)CC2)c2nc(-c3ccco3)nn12. The van der Waals surface area contributed by atoms with Crippen LogP contribution in [-0.4, -0.2) is 94.2 Å². The molecular weight excluding hydrogens is 584 g/mol. The van der Waals surface area contributed by atoms with E-state index >= 15 is 0 Å². The van der Waals surface area contributed by atoms with Gasteiger partial charge in [-0.1, -0.05) is 11.3 Å². The number of fused-ring (bicyclic) bond motifs is 3. The number of nitrogens with two attached hydrogens (primary N) is 1. The fourth-order valence-corrected chi connectivity index (χ4v) is 6.31. The number of rotatable bonds is 8. The van der Waals surface area contributed by atoms with Gasteiger partial charge in [-0.2, -0.15) is 9.50 Å². The molecule has 1 aromatic carbocycles. The van der Waals surface area contributed by atoms with Crippen LogP contribution < -0.4 is 25.6 Å². The highest BCUT2D eigenvalue weighted by Gasteiger charge is 2.24. The lowest BCUT2D eigenvalue weighted by Crippen LogP contribution is -2.47. The molecule has 4 aromatic heterocycles. The van der Waals surface area contributed by atoms with Gasteiger partial charge in [0.05, 0.1) is 31.2 Å². The van der Waals surface area contributed by atoms with Crippen molar-refractivity contribution in [1.29, 1.82) is 0 Å². The minimum Gasteiger partial charge on any atom is -0.489 e. The molecule has 0 amide bonds. The number of nitrogens with one attached hydrogen (secondary N) is 1. The summed E-state index contributed by atoms with van der Waals surface area (Å²) in [4.78, 5) is 25.9. The van der Waals surface area contributed by atoms with E-state index in [1.807, 2.05) is 4.90 Å². The topological polar surface area (TPSA) is 141 Å². The summed E-state index contributed by atoms with van der Waals surface area (Å²) in [6.45, 7) is 5.32. The first-order chi connectivity index (χ1) is 20.9. The molecule has 13 nitrogen and oxygen atoms in total. The zero-order valence-electron chi connectivity index (χ0n) is 23.0. The van der Waals surface area contributed by atoms with E-state index in [9.17, 15) is 13.6 Å². The summed E-state index contributed by atoms with van der Waals surface area (Å²) in [5.74, 6) is -0.408. The van der Waals surface area contributed by atoms with E-state index in [4.69, 9.17) is 19.6 Å². The number of ether oxygens (including phenoxy) is 2. The molecule has 0 bridgehead atoms. The number of anilines is 2. The number of hydrogen-bond donors (Lipinski definition) is 2. The molecule has 226 valence electrons. The Morgan fingerprint density at radius 1 is 1.12 bits per heavy atom. The molecular formula is C27H29F2N9O4S. The van der Waals surface area contributed by atoms with Crippen molar-refractivity contribution in [2.75, 3.05) is 69.7 Å². The molecule has 2 saturated heterocycles. The second-order valence-electron chi connectivity index (χ2n) is 10.4. The lowest BCUT2D eigenvalue weighted by molar-refractivity contribution is 0.0586. The number of piperazine rings is 1. The van der Waals surface area contributed by atoms with Gasteiger partial charge in [-0.3, -0.25) is 14.3 Å². The van der Waals surface area contributed by atoms with Crippen LogP contribution in [0.3, 0.4) is 0 Å². The van der Waals surface area contributed by atoms with Crippen LogP contribution in [0.15, 0.2) is 39.7 Å². The van der Waals surface area contributed by atoms with E-state index in [-0.39, 0.29) is 29.2 Å². The van der Waals surface area contributed by atoms with E-state index in [0.717, 1.165) is 17.4 Å². The Morgan fingerprint density at radius 3 is 2.74 bits per heavy atom. The summed E-state index contributed by atoms with van der Waals surface area (Å²) in [7, 11) is 0. The average Bonchev–Trinajstić information content (AvgIpc) is 3.76. The zero-order valence-corrected chi connectivity index (χ0v) is 23.9. The van der Waals surface area contributed by atoms with Crippen LogP contribution in [0, 0.1) is 11.6 Å². The smallest absolute Gasteiger partial charge is 0.309 e. The van der Waals surface area contributed by atoms with Crippen molar-refractivity contribution in [3.8, 4) is 17.3 Å². The predicted molar refractivity (Wildman–Crippen MR) is 156 cm³/mol. The highest BCUT2D eigenvalue weighted by atomic mass is 32.1. The minimum absolute atomic E-state index is 0.0137. The molecule has 0 saturated carbocycles. The molecule has 0 spiro atoms. The van der Waals surface area contributed by atoms with Crippen molar-refractivity contribution in [3.63, 3.8) is 0 Å². The van der Waals surface area contributed by atoms with Crippen molar-refractivity contribution >= 4 is 39.0 Å². The number of halogens is 2. The Hall–Kier alpha value is -4.12. The third-order valence-electron chi connectivity index (χ3n) is 7.65. The molecule has 7 rings (SSSR count). The average molecular weight is 614 g/mol. The summed E-state index contributed by atoms with van der Waals surface area (Å²) >= 11 is 1.04. The fourth-order valence-electron chi connectivity index (χ4n) is 5.38. The number of nitrogen functional groups attached to an aromatic ring is 1. The first-order valence-electron chi connectivity index (χ1n) is 13.9. The summed E-state index contributed by atoms with van der Waals surface area (Å²) in [5.41, 5.74) is 7.38. The summed E-state index contributed by atoms with van der Waals surface area (Å²) in [5, 5.41) is 7.64. The molecule has 1 atom stereocenters. The lowest BCUT2D eigenvalue weighted by Gasteiger charge is -2.36. The second kappa shape index (κ2) is 11.5. The van der Waals surface area contributed by atoms with Crippen LogP contribution in [0.2, 0.25) is 0 Å². The van der Waals surface area contributed by atoms with Gasteiger partial charge in [0.2, 0.25) is 11.8 Å². The van der Waals surface area contributed by atoms with E-state index in [2.05, 4.69) is 25.3 Å². The number of morpholine rings is 1. The van der Waals surface area contributed by atoms with Crippen molar-refractivity contribution < 1.29 is 22.7 Å². The minimum atomic E-state index is -0.736. The number of thiazole rings is 1. The predicted octanol–water partition coefficient (Wildman–Crippen LogP) is 1.81. The maximum atomic E-state index is 14.8. The van der Waals surface area contributed by atoms with Crippen LogP contribution in [0.5, 0.6) is 5.75 Å². The second-order valence-corrected chi connectivity index (χ2v) is 11.4. The molecule has 3 N–H and O–H groups in total. The third kappa shape index (κ3) is 5.42. The largest absolute Gasteiger partial charge is 0.489 e. The fraction of sp³-hybridized carbons (Fsp3) is 0.407. The van der Waals surface area contributed by atoms with E-state index in [1.165, 1.54) is 16.8 Å². The summed E-state index contributed by atoms with van der Waals surface area (Å²) < 4.78 is 49.4. The zero-order chi connectivity index (χ0) is 29.5. The van der Waals surface area contributed by atoms with Gasteiger partial charge in [0, 0.05) is 57.9 Å². The maximum absolute atomic E-state index is 14.8. The molecule has 16 heteroatoms. The standard InChI is InChI=1S/C27H29F2N9O4S/c28-17-12-18(29)21(42-15-16-14-40-11-3-31-16)13-19(17)36-7-4-35(5-8-36)6-9-37-24-22(43-27(37)39)25-32-23(20-2-1-10-41-20)34-38(25)26(30)33-24/h1-2,10,12-13,16,31H,3-9,11,14-15H2,(H2,30,33). The molecule has 1 unspecified atom stereocenters. The Labute approximate surface area is 247 Å². The van der Waals surface area contributed by atoms with Crippen LogP contribution in [0.1, 0.15) is 0 Å². The van der Waals surface area contributed by atoms with Crippen LogP contribution in [0.25, 0.3) is 27.6 Å². The van der Waals surface area contributed by atoms with E-state index < -0.39 is 11.6 Å². The lowest BCUT2D eigenvalue weighted by atomic mass is 10.2. The van der Waals surface area contributed by atoms with E-state index in [0.29, 0.717) is 92.3 Å². The van der Waals surface area contributed by atoms with E-state index in [1.54, 1.807) is 16.7 Å². The van der Waals surface area contributed by atoms with Crippen LogP contribution >= 0.6 is 11.3 Å². The van der Waals surface area contributed by atoms with Gasteiger partial charge in [0.25, 0.3) is 0 Å². The maximum Gasteiger partial charge on any atom is 0.309 e. The molecule has 5 aromatic rings. The molecule has 2 aliphatic heterocycles. The molecule has 43 heavy (non-hydrogen) atoms. The monoisotopic (exact) mass is 613 g/mol. The van der Waals surface area contributed by atoms with Crippen LogP contribution in [-0.2, 0) is 11.3 Å². The third-order valence-corrected chi connectivity index (χ3v) is 8.61. The van der Waals surface area contributed by atoms with Gasteiger partial charge in [0.15, 0.2) is 28.6 Å². The van der Waals surface area contributed by atoms with Crippen molar-refractivity contribution in [2.24, 2.45) is 0 Å². The molecule has 2 aliphatic rings. The Morgan fingerprint density at radius 2 is 1.98 bits per heavy atom. The van der Waals surface area contributed by atoms with Crippen molar-refractivity contribution in [3.05, 3.63) is 51.8 Å². The van der Waals surface area contributed by atoms with Gasteiger partial charge >= 0.3 is 4.87 Å². The Kier molecular flexibility index (Phi) is 7.42. The number of nitrogens with zero attached hydrogens (tertiary/aromatic N) is 7. The number of aromatic nitrogens is 5. The van der Waals surface area contributed by atoms with Gasteiger partial charge in [-0.05, 0) is 12.1 Å². The Bertz CT molecular complexity index is 1810. The summed E-state index contributed by atoms with van der Waals surface area (Å²) in [6.07, 6.45) is 1.53.